The van der Waals surface area contributed by atoms with Crippen LogP contribution in [-0.2, 0) is 6.18 Å². The van der Waals surface area contributed by atoms with Gasteiger partial charge in [0, 0.05) is 50.2 Å². The second kappa shape index (κ2) is 8.84. The summed E-state index contributed by atoms with van der Waals surface area (Å²) < 4.78 is 43.8. The van der Waals surface area contributed by atoms with Gasteiger partial charge in [0.05, 0.1) is 12.8 Å². The standard InChI is InChI=1S/C26H31F3N5O/c1-35-23-13-21(2-3-22(23)32-25-30-14-20(15-31-25)26(27,28)29)33-4-6-34(7-5-33)24-18-9-16-8-17(11-18)12-19(24)10-16/h2-3,13-14,16-19,24H,4-12H2,1H3,(H,30,31,32). The van der Waals surface area contributed by atoms with Gasteiger partial charge < -0.3 is 15.0 Å². The lowest BCUT2D eigenvalue weighted by Crippen LogP contribution is -2.60. The molecule has 2 heterocycles. The summed E-state index contributed by atoms with van der Waals surface area (Å²) in [5.74, 6) is 4.45. The van der Waals surface area contributed by atoms with E-state index in [0.717, 1.165) is 67.8 Å². The van der Waals surface area contributed by atoms with Crippen LogP contribution in [0, 0.1) is 29.9 Å². The molecule has 9 heteroatoms. The average Bonchev–Trinajstić information content (AvgIpc) is 2.84. The normalized spacial score (nSPS) is 30.5. The van der Waals surface area contributed by atoms with E-state index in [-0.39, 0.29) is 5.95 Å². The molecule has 5 fully saturated rings. The Hall–Kier alpha value is -2.55. The Bertz CT molecular complexity index is 1020. The molecule has 4 saturated carbocycles. The molecule has 4 aliphatic carbocycles. The number of methoxy groups -OCH3 is 1. The van der Waals surface area contributed by atoms with Crippen LogP contribution >= 0.6 is 0 Å². The van der Waals surface area contributed by atoms with Crippen molar-refractivity contribution < 1.29 is 17.9 Å². The monoisotopic (exact) mass is 486 g/mol. The lowest BCUT2D eigenvalue weighted by molar-refractivity contribution is -0.138. The summed E-state index contributed by atoms with van der Waals surface area (Å²) in [5, 5.41) is 2.94. The van der Waals surface area contributed by atoms with Crippen LogP contribution in [-0.4, -0.2) is 54.2 Å². The lowest BCUT2D eigenvalue weighted by Gasteiger charge is -2.58. The van der Waals surface area contributed by atoms with Gasteiger partial charge in [-0.3, -0.25) is 4.90 Å². The molecule has 1 N–H and O–H groups in total. The molecule has 1 saturated heterocycles. The van der Waals surface area contributed by atoms with Crippen LogP contribution in [0.1, 0.15) is 37.7 Å². The molecular weight excluding hydrogens is 455 g/mol. The third kappa shape index (κ3) is 4.43. The van der Waals surface area contributed by atoms with Crippen molar-refractivity contribution in [2.75, 3.05) is 43.5 Å². The van der Waals surface area contributed by atoms with E-state index in [1.165, 1.54) is 32.1 Å². The lowest BCUT2D eigenvalue weighted by atomic mass is 9.54. The SMILES string of the molecule is COc1cc(N2CCN(C3C4CC5CC(C4)CC3C5)CC2)ccc1Nc1n[c]c(C(F)(F)F)cn1. The maximum Gasteiger partial charge on any atom is 0.420 e. The first-order valence-corrected chi connectivity index (χ1v) is 12.6. The number of rotatable bonds is 5. The van der Waals surface area contributed by atoms with E-state index in [4.69, 9.17) is 4.74 Å². The van der Waals surface area contributed by atoms with Gasteiger partial charge in [-0.15, -0.1) is 0 Å². The molecule has 0 unspecified atom stereocenters. The third-order valence-electron chi connectivity index (χ3n) is 8.61. The number of nitrogens with zero attached hydrogens (tertiary/aromatic N) is 4. The van der Waals surface area contributed by atoms with E-state index >= 15 is 0 Å². The van der Waals surface area contributed by atoms with Gasteiger partial charge in [0.2, 0.25) is 5.95 Å². The van der Waals surface area contributed by atoms with Crippen molar-refractivity contribution in [3.8, 4) is 5.75 Å². The number of nitrogens with one attached hydrogen (secondary N) is 1. The molecule has 1 aromatic heterocycles. The van der Waals surface area contributed by atoms with Crippen molar-refractivity contribution in [2.24, 2.45) is 23.7 Å². The van der Waals surface area contributed by atoms with Crippen LogP contribution in [0.4, 0.5) is 30.5 Å². The molecule has 2 aromatic rings. The second-order valence-corrected chi connectivity index (χ2v) is 10.7. The number of alkyl halides is 3. The topological polar surface area (TPSA) is 53.5 Å². The molecular formula is C26H31F3N5O. The van der Waals surface area contributed by atoms with Gasteiger partial charge >= 0.3 is 6.18 Å². The molecule has 7 rings (SSSR count). The quantitative estimate of drug-likeness (QED) is 0.643. The predicted molar refractivity (Wildman–Crippen MR) is 127 cm³/mol. The Balaban J connectivity index is 1.10. The van der Waals surface area contributed by atoms with E-state index in [1.807, 2.05) is 24.4 Å². The summed E-state index contributed by atoms with van der Waals surface area (Å²) in [6.07, 6.45) is 5.48. The molecule has 6 nitrogen and oxygen atoms in total. The number of hydrogen-bond donors (Lipinski definition) is 1. The first-order chi connectivity index (χ1) is 16.9. The third-order valence-corrected chi connectivity index (χ3v) is 8.61. The van der Waals surface area contributed by atoms with Crippen molar-refractivity contribution in [3.63, 3.8) is 0 Å². The first-order valence-electron chi connectivity index (χ1n) is 12.6. The minimum Gasteiger partial charge on any atom is -0.494 e. The van der Waals surface area contributed by atoms with E-state index in [0.29, 0.717) is 11.4 Å². The number of ether oxygens (including phenoxy) is 1. The highest BCUT2D eigenvalue weighted by Crippen LogP contribution is 2.55. The van der Waals surface area contributed by atoms with Crippen LogP contribution in [0.15, 0.2) is 24.4 Å². The van der Waals surface area contributed by atoms with Gasteiger partial charge in [0.25, 0.3) is 0 Å². The van der Waals surface area contributed by atoms with E-state index in [1.54, 1.807) is 7.11 Å². The average molecular weight is 487 g/mol. The Morgan fingerprint density at radius 3 is 2.26 bits per heavy atom. The smallest absolute Gasteiger partial charge is 0.420 e. The van der Waals surface area contributed by atoms with E-state index in [9.17, 15) is 13.2 Å². The van der Waals surface area contributed by atoms with Crippen molar-refractivity contribution in [1.29, 1.82) is 0 Å². The molecule has 5 aliphatic rings. The first kappa shape index (κ1) is 22.9. The van der Waals surface area contributed by atoms with Gasteiger partial charge in [-0.25, -0.2) is 9.97 Å². The summed E-state index contributed by atoms with van der Waals surface area (Å²) >= 11 is 0. The fourth-order valence-electron chi connectivity index (χ4n) is 7.36. The molecule has 0 atom stereocenters. The predicted octanol–water partition coefficient (Wildman–Crippen LogP) is 4.99. The maximum atomic E-state index is 12.7. The van der Waals surface area contributed by atoms with Crippen LogP contribution in [0.3, 0.4) is 0 Å². The Kier molecular flexibility index (Phi) is 5.78. The van der Waals surface area contributed by atoms with Gasteiger partial charge in [-0.05, 0) is 67.9 Å². The number of anilines is 3. The molecule has 187 valence electrons. The van der Waals surface area contributed by atoms with Crippen LogP contribution in [0.5, 0.6) is 5.75 Å². The number of aromatic nitrogens is 2. The Labute approximate surface area is 203 Å². The van der Waals surface area contributed by atoms with Gasteiger partial charge in [0.1, 0.15) is 17.5 Å². The number of piperazine rings is 1. The highest BCUT2D eigenvalue weighted by Gasteiger charge is 2.50. The highest BCUT2D eigenvalue weighted by molar-refractivity contribution is 5.68. The Morgan fingerprint density at radius 1 is 1.00 bits per heavy atom. The largest absolute Gasteiger partial charge is 0.494 e. The molecule has 35 heavy (non-hydrogen) atoms. The van der Waals surface area contributed by atoms with Crippen molar-refractivity contribution in [2.45, 2.75) is 44.3 Å². The van der Waals surface area contributed by atoms with Gasteiger partial charge in [-0.2, -0.15) is 13.2 Å². The number of halogens is 3. The summed E-state index contributed by atoms with van der Waals surface area (Å²) in [7, 11) is 1.58. The van der Waals surface area contributed by atoms with Gasteiger partial charge in [-0.1, -0.05) is 0 Å². The molecule has 1 aromatic carbocycles. The molecule has 1 aliphatic heterocycles. The summed E-state index contributed by atoms with van der Waals surface area (Å²) in [6.45, 7) is 4.14. The molecule has 0 amide bonds. The van der Waals surface area contributed by atoms with E-state index in [2.05, 4.69) is 25.1 Å². The Morgan fingerprint density at radius 2 is 1.69 bits per heavy atom. The molecule has 4 bridgehead atoms. The summed E-state index contributed by atoms with van der Waals surface area (Å²) in [6, 6.07) is 6.62. The minimum absolute atomic E-state index is 0.0355. The van der Waals surface area contributed by atoms with Crippen LogP contribution in [0.2, 0.25) is 0 Å². The fraction of sp³-hybridized carbons (Fsp3) is 0.615. The summed E-state index contributed by atoms with van der Waals surface area (Å²) in [5.41, 5.74) is 0.673. The van der Waals surface area contributed by atoms with E-state index < -0.39 is 11.7 Å². The zero-order valence-corrected chi connectivity index (χ0v) is 19.9. The van der Waals surface area contributed by atoms with Crippen molar-refractivity contribution in [1.82, 2.24) is 14.9 Å². The zero-order valence-electron chi connectivity index (χ0n) is 19.9. The number of benzene rings is 1. The summed E-state index contributed by atoms with van der Waals surface area (Å²) in [4.78, 5) is 12.6. The second-order valence-electron chi connectivity index (χ2n) is 10.7. The van der Waals surface area contributed by atoms with Crippen LogP contribution in [0.25, 0.3) is 0 Å². The van der Waals surface area contributed by atoms with Gasteiger partial charge in [0.15, 0.2) is 0 Å². The zero-order chi connectivity index (χ0) is 24.2. The number of hydrogen-bond acceptors (Lipinski definition) is 6. The highest BCUT2D eigenvalue weighted by atomic mass is 19.4. The van der Waals surface area contributed by atoms with Crippen LogP contribution < -0.4 is 15.0 Å². The minimum atomic E-state index is -4.52. The molecule has 0 spiro atoms. The van der Waals surface area contributed by atoms with Crippen molar-refractivity contribution >= 4 is 17.3 Å². The van der Waals surface area contributed by atoms with Crippen molar-refractivity contribution in [3.05, 3.63) is 36.2 Å². The molecule has 1 radical (unpaired) electrons. The maximum absolute atomic E-state index is 12.7. The fourth-order valence-corrected chi connectivity index (χ4v) is 7.36.